The quantitative estimate of drug-likeness (QED) is 0.595. The van der Waals surface area contributed by atoms with E-state index in [4.69, 9.17) is 4.98 Å². The molecule has 6 heteroatoms. The highest BCUT2D eigenvalue weighted by Crippen LogP contribution is 2.28. The summed E-state index contributed by atoms with van der Waals surface area (Å²) in [5.74, 6) is 1.25. The van der Waals surface area contributed by atoms with Crippen molar-refractivity contribution in [2.45, 2.75) is 25.7 Å². The number of carbonyl (C=O) groups excluding carboxylic acids is 1. The van der Waals surface area contributed by atoms with Crippen molar-refractivity contribution in [2.24, 2.45) is 0 Å². The van der Waals surface area contributed by atoms with Gasteiger partial charge in [0.25, 0.3) is 5.91 Å². The van der Waals surface area contributed by atoms with E-state index in [9.17, 15) is 4.79 Å². The Morgan fingerprint density at radius 3 is 2.89 bits per heavy atom. The van der Waals surface area contributed by atoms with Gasteiger partial charge >= 0.3 is 0 Å². The van der Waals surface area contributed by atoms with Crippen molar-refractivity contribution in [1.82, 2.24) is 24.3 Å². The van der Waals surface area contributed by atoms with Crippen LogP contribution >= 0.6 is 0 Å². The maximum absolute atomic E-state index is 13.3. The minimum absolute atomic E-state index is 0.0482. The van der Waals surface area contributed by atoms with Gasteiger partial charge in [-0.2, -0.15) is 0 Å². The van der Waals surface area contributed by atoms with Crippen molar-refractivity contribution in [2.75, 3.05) is 13.1 Å². The van der Waals surface area contributed by atoms with Crippen LogP contribution in [0.1, 0.15) is 40.8 Å². The minimum atomic E-state index is 0.0482. The SMILES string of the molecule is Cc1nc2ccccn2c1C(=O)N1CCC[C@@H](c2nc3ccccc3[nH]2)C1. The zero-order valence-electron chi connectivity index (χ0n) is 15.2. The van der Waals surface area contributed by atoms with Crippen molar-refractivity contribution < 1.29 is 4.79 Å². The number of H-pyrrole nitrogens is 1. The van der Waals surface area contributed by atoms with Gasteiger partial charge in [0, 0.05) is 25.2 Å². The number of hydrogen-bond donors (Lipinski definition) is 1. The van der Waals surface area contributed by atoms with Crippen molar-refractivity contribution >= 4 is 22.6 Å². The van der Waals surface area contributed by atoms with Crippen LogP contribution in [0.3, 0.4) is 0 Å². The molecule has 0 spiro atoms. The van der Waals surface area contributed by atoms with Crippen LogP contribution in [0.15, 0.2) is 48.7 Å². The number of likely N-dealkylation sites (tertiary alicyclic amines) is 1. The van der Waals surface area contributed by atoms with Gasteiger partial charge in [-0.1, -0.05) is 18.2 Å². The Labute approximate surface area is 156 Å². The molecular formula is C21H21N5O. The molecule has 1 aliphatic heterocycles. The fraction of sp³-hybridized carbons (Fsp3) is 0.286. The number of hydrogen-bond acceptors (Lipinski definition) is 3. The summed E-state index contributed by atoms with van der Waals surface area (Å²) in [6.07, 6.45) is 3.92. The number of benzene rings is 1. The number of aromatic nitrogens is 4. The smallest absolute Gasteiger partial charge is 0.272 e. The Balaban J connectivity index is 1.45. The average Bonchev–Trinajstić information content (AvgIpc) is 3.27. The Morgan fingerprint density at radius 2 is 2.00 bits per heavy atom. The van der Waals surface area contributed by atoms with Gasteiger partial charge < -0.3 is 9.88 Å². The predicted octanol–water partition coefficient (Wildman–Crippen LogP) is 3.54. The molecule has 1 amide bonds. The maximum atomic E-state index is 13.3. The van der Waals surface area contributed by atoms with Crippen LogP contribution in [0.5, 0.6) is 0 Å². The van der Waals surface area contributed by atoms with E-state index in [0.29, 0.717) is 12.2 Å². The van der Waals surface area contributed by atoms with Crippen LogP contribution in [0.25, 0.3) is 16.7 Å². The molecule has 1 aromatic carbocycles. The highest BCUT2D eigenvalue weighted by molar-refractivity contribution is 5.94. The molecule has 3 aromatic heterocycles. The normalized spacial score (nSPS) is 17.7. The Kier molecular flexibility index (Phi) is 3.70. The second kappa shape index (κ2) is 6.23. The largest absolute Gasteiger partial charge is 0.342 e. The predicted molar refractivity (Wildman–Crippen MR) is 104 cm³/mol. The molecule has 136 valence electrons. The van der Waals surface area contributed by atoms with Crippen LogP contribution < -0.4 is 0 Å². The molecule has 0 bridgehead atoms. The van der Waals surface area contributed by atoms with Gasteiger partial charge in [0.15, 0.2) is 0 Å². The van der Waals surface area contributed by atoms with Gasteiger partial charge in [-0.3, -0.25) is 9.20 Å². The zero-order valence-corrected chi connectivity index (χ0v) is 15.2. The number of aryl methyl sites for hydroxylation is 1. The number of para-hydroxylation sites is 2. The lowest BCUT2D eigenvalue weighted by Gasteiger charge is -2.31. The van der Waals surface area contributed by atoms with Crippen molar-refractivity contribution in [3.63, 3.8) is 0 Å². The first kappa shape index (κ1) is 16.1. The lowest BCUT2D eigenvalue weighted by Crippen LogP contribution is -2.40. The van der Waals surface area contributed by atoms with E-state index in [1.165, 1.54) is 0 Å². The number of aromatic amines is 1. The van der Waals surface area contributed by atoms with Crippen LogP contribution in [0, 0.1) is 6.92 Å². The molecular weight excluding hydrogens is 338 g/mol. The van der Waals surface area contributed by atoms with E-state index < -0.39 is 0 Å². The molecule has 1 saturated heterocycles. The summed E-state index contributed by atoms with van der Waals surface area (Å²) in [6, 6.07) is 13.9. The van der Waals surface area contributed by atoms with Crippen LogP contribution in [-0.2, 0) is 0 Å². The molecule has 0 saturated carbocycles. The first-order valence-corrected chi connectivity index (χ1v) is 9.38. The van der Waals surface area contributed by atoms with Crippen LogP contribution in [-0.4, -0.2) is 43.2 Å². The molecule has 4 heterocycles. The summed E-state index contributed by atoms with van der Waals surface area (Å²) < 4.78 is 1.89. The van der Waals surface area contributed by atoms with Crippen molar-refractivity contribution in [3.05, 3.63) is 65.9 Å². The lowest BCUT2D eigenvalue weighted by molar-refractivity contribution is 0.0697. The number of fused-ring (bicyclic) bond motifs is 2. The number of amides is 1. The molecule has 4 aromatic rings. The first-order valence-electron chi connectivity index (χ1n) is 9.38. The van der Waals surface area contributed by atoms with E-state index in [2.05, 4.69) is 9.97 Å². The van der Waals surface area contributed by atoms with Gasteiger partial charge in [0.1, 0.15) is 17.2 Å². The third-order valence-electron chi connectivity index (χ3n) is 5.41. The number of nitrogens with zero attached hydrogens (tertiary/aromatic N) is 4. The Bertz CT molecular complexity index is 1110. The number of piperidine rings is 1. The second-order valence-electron chi connectivity index (χ2n) is 7.20. The van der Waals surface area contributed by atoms with Gasteiger partial charge in [0.2, 0.25) is 0 Å². The molecule has 1 aliphatic rings. The summed E-state index contributed by atoms with van der Waals surface area (Å²) in [5.41, 5.74) is 4.28. The second-order valence-corrected chi connectivity index (χ2v) is 7.20. The first-order chi connectivity index (χ1) is 13.2. The highest BCUT2D eigenvalue weighted by atomic mass is 16.2. The molecule has 5 rings (SSSR count). The Morgan fingerprint density at radius 1 is 1.15 bits per heavy atom. The summed E-state index contributed by atoms with van der Waals surface area (Å²) in [5, 5.41) is 0. The van der Waals surface area contributed by atoms with Gasteiger partial charge in [0.05, 0.1) is 16.7 Å². The average molecular weight is 359 g/mol. The van der Waals surface area contributed by atoms with E-state index in [0.717, 1.165) is 47.6 Å². The van der Waals surface area contributed by atoms with Crippen LogP contribution in [0.4, 0.5) is 0 Å². The fourth-order valence-corrected chi connectivity index (χ4v) is 4.07. The topological polar surface area (TPSA) is 66.3 Å². The molecule has 1 fully saturated rings. The number of nitrogens with one attached hydrogen (secondary N) is 1. The van der Waals surface area contributed by atoms with Crippen LogP contribution in [0.2, 0.25) is 0 Å². The fourth-order valence-electron chi connectivity index (χ4n) is 4.07. The van der Waals surface area contributed by atoms with E-state index >= 15 is 0 Å². The third-order valence-corrected chi connectivity index (χ3v) is 5.41. The van der Waals surface area contributed by atoms with Gasteiger partial charge in [-0.25, -0.2) is 9.97 Å². The zero-order chi connectivity index (χ0) is 18.4. The molecule has 1 N–H and O–H groups in total. The number of imidazole rings is 2. The standard InChI is InChI=1S/C21H21N5O/c1-14-19(26-12-5-4-10-18(26)22-14)21(27)25-11-6-7-15(13-25)20-23-16-8-2-3-9-17(16)24-20/h2-5,8-10,12,15H,6-7,11,13H2,1H3,(H,23,24)/t15-/m1/s1. The number of pyridine rings is 1. The number of carbonyl (C=O) groups is 1. The van der Waals surface area contributed by atoms with Gasteiger partial charge in [-0.15, -0.1) is 0 Å². The van der Waals surface area contributed by atoms with Gasteiger partial charge in [-0.05, 0) is 44.0 Å². The lowest BCUT2D eigenvalue weighted by atomic mass is 9.97. The molecule has 0 radical (unpaired) electrons. The van der Waals surface area contributed by atoms with E-state index in [1.54, 1.807) is 0 Å². The summed E-state index contributed by atoms with van der Waals surface area (Å²) in [4.78, 5) is 27.9. The molecule has 0 aliphatic carbocycles. The monoisotopic (exact) mass is 359 g/mol. The van der Waals surface area contributed by atoms with E-state index in [-0.39, 0.29) is 11.8 Å². The number of rotatable bonds is 2. The molecule has 1 atom stereocenters. The molecule has 27 heavy (non-hydrogen) atoms. The van der Waals surface area contributed by atoms with Crippen molar-refractivity contribution in [3.8, 4) is 0 Å². The third kappa shape index (κ3) is 2.68. The molecule has 0 unspecified atom stereocenters. The van der Waals surface area contributed by atoms with E-state index in [1.807, 2.05) is 64.9 Å². The van der Waals surface area contributed by atoms with Crippen molar-refractivity contribution in [1.29, 1.82) is 0 Å². The molecule has 6 nitrogen and oxygen atoms in total. The minimum Gasteiger partial charge on any atom is -0.342 e. The summed E-state index contributed by atoms with van der Waals surface area (Å²) in [6.45, 7) is 3.36. The summed E-state index contributed by atoms with van der Waals surface area (Å²) in [7, 11) is 0. The summed E-state index contributed by atoms with van der Waals surface area (Å²) >= 11 is 0. The maximum Gasteiger partial charge on any atom is 0.272 e. The highest BCUT2D eigenvalue weighted by Gasteiger charge is 2.29. The Hall–Kier alpha value is -3.15.